The van der Waals surface area contributed by atoms with Crippen molar-refractivity contribution in [3.05, 3.63) is 29.6 Å². The summed E-state index contributed by atoms with van der Waals surface area (Å²) in [6.45, 7) is 3.37. The number of benzene rings is 1. The fourth-order valence-corrected chi connectivity index (χ4v) is 2.44. The fraction of sp³-hybridized carbons (Fsp3) is 0.625. The van der Waals surface area contributed by atoms with E-state index < -0.39 is 24.6 Å². The van der Waals surface area contributed by atoms with Crippen LogP contribution in [0.4, 0.5) is 13.2 Å². The molecule has 0 spiro atoms. The van der Waals surface area contributed by atoms with E-state index in [1.54, 1.807) is 0 Å². The van der Waals surface area contributed by atoms with Crippen LogP contribution in [-0.4, -0.2) is 33.0 Å². The van der Waals surface area contributed by atoms with E-state index >= 15 is 0 Å². The van der Waals surface area contributed by atoms with Crippen LogP contribution in [0.3, 0.4) is 0 Å². The first kappa shape index (κ1) is 18.3. The van der Waals surface area contributed by atoms with Crippen molar-refractivity contribution >= 4 is 12.6 Å². The molecule has 1 heterocycles. The zero-order valence-corrected chi connectivity index (χ0v) is 13.3. The molecule has 1 aromatic rings. The Hall–Kier alpha value is -1.05. The Morgan fingerprint density at radius 3 is 2.26 bits per heavy atom. The van der Waals surface area contributed by atoms with Crippen LogP contribution in [0.15, 0.2) is 12.1 Å². The molecule has 3 nitrogen and oxygen atoms in total. The molecule has 0 aliphatic carbocycles. The molecule has 0 aromatic heterocycles. The number of halogens is 3. The van der Waals surface area contributed by atoms with Crippen LogP contribution in [0, 0.1) is 17.5 Å². The fourth-order valence-electron chi connectivity index (χ4n) is 2.44. The molecule has 0 unspecified atom stereocenters. The summed E-state index contributed by atoms with van der Waals surface area (Å²) in [6, 6.07) is 1.77. The van der Waals surface area contributed by atoms with Gasteiger partial charge >= 0.3 is 7.12 Å². The Kier molecular flexibility index (Phi) is 7.40. The van der Waals surface area contributed by atoms with Gasteiger partial charge in [0, 0.05) is 6.61 Å². The number of hydrogen-bond acceptors (Lipinski definition) is 3. The molecule has 1 saturated heterocycles. The van der Waals surface area contributed by atoms with Crippen LogP contribution in [0.5, 0.6) is 0 Å². The molecule has 128 valence electrons. The van der Waals surface area contributed by atoms with E-state index in [2.05, 4.69) is 6.92 Å². The van der Waals surface area contributed by atoms with Crippen LogP contribution in [0.2, 0.25) is 0 Å². The molecule has 0 amide bonds. The maximum atomic E-state index is 13.2. The van der Waals surface area contributed by atoms with Crippen LogP contribution in [-0.2, 0) is 14.0 Å². The second-order valence-corrected chi connectivity index (χ2v) is 5.70. The standard InChI is InChI=1S/C16H22BF3O3/c1-2-3-4-5-6-7-21-13-10-22-17(23-11-13)12-8-14(18)16(20)15(19)9-12/h8-9,13H,2-7,10-11H2,1H3. The van der Waals surface area contributed by atoms with E-state index in [-0.39, 0.29) is 24.8 Å². The van der Waals surface area contributed by atoms with E-state index in [1.807, 2.05) is 0 Å². The van der Waals surface area contributed by atoms with Crippen molar-refractivity contribution in [1.82, 2.24) is 0 Å². The largest absolute Gasteiger partial charge is 0.494 e. The Labute approximate surface area is 135 Å². The molecule has 1 fully saturated rings. The molecule has 23 heavy (non-hydrogen) atoms. The third kappa shape index (κ3) is 5.51. The van der Waals surface area contributed by atoms with Crippen LogP contribution >= 0.6 is 0 Å². The Morgan fingerprint density at radius 1 is 1.04 bits per heavy atom. The average Bonchev–Trinajstić information content (AvgIpc) is 2.56. The third-order valence-corrected chi connectivity index (χ3v) is 3.75. The van der Waals surface area contributed by atoms with Crippen molar-refractivity contribution in [1.29, 1.82) is 0 Å². The number of rotatable bonds is 8. The summed E-state index contributed by atoms with van der Waals surface area (Å²) in [6.07, 6.45) is 5.60. The Bertz CT molecular complexity index is 470. The van der Waals surface area contributed by atoms with Gasteiger partial charge in [0.25, 0.3) is 0 Å². The lowest BCUT2D eigenvalue weighted by atomic mass is 9.78. The molecule has 0 radical (unpaired) electrons. The Balaban J connectivity index is 1.72. The maximum Gasteiger partial charge on any atom is 0.494 e. The molecular formula is C16H22BF3O3. The van der Waals surface area contributed by atoms with Gasteiger partial charge in [-0.1, -0.05) is 32.6 Å². The highest BCUT2D eigenvalue weighted by Crippen LogP contribution is 2.12. The highest BCUT2D eigenvalue weighted by atomic mass is 19.2. The molecule has 0 atom stereocenters. The normalized spacial score (nSPS) is 16.1. The summed E-state index contributed by atoms with van der Waals surface area (Å²) in [5.74, 6) is -4.00. The first-order valence-electron chi connectivity index (χ1n) is 8.11. The van der Waals surface area contributed by atoms with Crippen molar-refractivity contribution in [3.63, 3.8) is 0 Å². The number of unbranched alkanes of at least 4 members (excludes halogenated alkanes) is 4. The first-order chi connectivity index (χ1) is 11.1. The lowest BCUT2D eigenvalue weighted by Crippen LogP contribution is -2.47. The summed E-state index contributed by atoms with van der Waals surface area (Å²) < 4.78 is 55.9. The molecular weight excluding hydrogens is 308 g/mol. The van der Waals surface area contributed by atoms with Gasteiger partial charge in [-0.25, -0.2) is 13.2 Å². The van der Waals surface area contributed by atoms with Crippen LogP contribution in [0.1, 0.15) is 39.0 Å². The van der Waals surface area contributed by atoms with Crippen molar-refractivity contribution < 1.29 is 27.2 Å². The Morgan fingerprint density at radius 2 is 1.65 bits per heavy atom. The van der Waals surface area contributed by atoms with Gasteiger partial charge < -0.3 is 14.0 Å². The van der Waals surface area contributed by atoms with Crippen molar-refractivity contribution in [3.8, 4) is 0 Å². The second-order valence-electron chi connectivity index (χ2n) is 5.70. The zero-order valence-electron chi connectivity index (χ0n) is 13.3. The molecule has 2 rings (SSSR count). The van der Waals surface area contributed by atoms with E-state index in [1.165, 1.54) is 19.3 Å². The van der Waals surface area contributed by atoms with Crippen molar-refractivity contribution in [2.24, 2.45) is 0 Å². The van der Waals surface area contributed by atoms with E-state index in [0.717, 1.165) is 25.0 Å². The van der Waals surface area contributed by atoms with Gasteiger partial charge in [0.05, 0.1) is 13.2 Å². The van der Waals surface area contributed by atoms with Gasteiger partial charge in [0.15, 0.2) is 17.5 Å². The molecule has 1 aliphatic heterocycles. The number of ether oxygens (including phenoxy) is 1. The predicted molar refractivity (Wildman–Crippen MR) is 82.1 cm³/mol. The predicted octanol–water partition coefficient (Wildman–Crippen LogP) is 3.20. The van der Waals surface area contributed by atoms with Gasteiger partial charge in [-0.15, -0.1) is 0 Å². The molecule has 0 N–H and O–H groups in total. The van der Waals surface area contributed by atoms with Crippen LogP contribution in [0.25, 0.3) is 0 Å². The number of hydrogen-bond donors (Lipinski definition) is 0. The van der Waals surface area contributed by atoms with Gasteiger partial charge in [-0.3, -0.25) is 0 Å². The minimum Gasteiger partial charge on any atom is -0.404 e. The maximum absolute atomic E-state index is 13.2. The lowest BCUT2D eigenvalue weighted by molar-refractivity contribution is -0.0432. The second kappa shape index (κ2) is 9.30. The molecule has 0 bridgehead atoms. The lowest BCUT2D eigenvalue weighted by Gasteiger charge is -2.27. The van der Waals surface area contributed by atoms with E-state index in [0.29, 0.717) is 6.61 Å². The smallest absolute Gasteiger partial charge is 0.404 e. The summed E-state index contributed by atoms with van der Waals surface area (Å²) in [5, 5.41) is 0. The van der Waals surface area contributed by atoms with Crippen LogP contribution < -0.4 is 5.46 Å². The van der Waals surface area contributed by atoms with Gasteiger partial charge in [-0.2, -0.15) is 0 Å². The zero-order chi connectivity index (χ0) is 16.7. The minimum atomic E-state index is -1.49. The minimum absolute atomic E-state index is 0.124. The highest BCUT2D eigenvalue weighted by molar-refractivity contribution is 6.61. The topological polar surface area (TPSA) is 27.7 Å². The van der Waals surface area contributed by atoms with Crippen molar-refractivity contribution in [2.45, 2.75) is 45.1 Å². The SMILES string of the molecule is CCCCCCCOC1COB(c2cc(F)c(F)c(F)c2)OC1. The summed E-state index contributed by atoms with van der Waals surface area (Å²) in [5.41, 5.74) is 0.124. The monoisotopic (exact) mass is 330 g/mol. The van der Waals surface area contributed by atoms with Gasteiger partial charge in [0.1, 0.15) is 6.10 Å². The van der Waals surface area contributed by atoms with E-state index in [9.17, 15) is 13.2 Å². The molecule has 1 aromatic carbocycles. The molecule has 7 heteroatoms. The highest BCUT2D eigenvalue weighted by Gasteiger charge is 2.31. The van der Waals surface area contributed by atoms with Gasteiger partial charge in [0.2, 0.25) is 0 Å². The quantitative estimate of drug-likeness (QED) is 0.416. The van der Waals surface area contributed by atoms with Gasteiger partial charge in [-0.05, 0) is 24.0 Å². The third-order valence-electron chi connectivity index (χ3n) is 3.75. The summed E-state index contributed by atoms with van der Waals surface area (Å²) in [7, 11) is -0.899. The first-order valence-corrected chi connectivity index (χ1v) is 8.11. The van der Waals surface area contributed by atoms with Crippen molar-refractivity contribution in [2.75, 3.05) is 19.8 Å². The average molecular weight is 330 g/mol. The summed E-state index contributed by atoms with van der Waals surface area (Å²) in [4.78, 5) is 0. The van der Waals surface area contributed by atoms with E-state index in [4.69, 9.17) is 14.0 Å². The summed E-state index contributed by atoms with van der Waals surface area (Å²) >= 11 is 0. The molecule has 0 saturated carbocycles. The molecule has 1 aliphatic rings.